The standard InChI is InChI=1S/C13H12BrN3O3/c1-20-12-6-5-11(17(18)19)13(16-12)15-8-9-3-2-4-10(14)7-9/h2-7H,8H2,1H3,(H,15,16). The van der Waals surface area contributed by atoms with E-state index in [1.165, 1.54) is 19.2 Å². The zero-order chi connectivity index (χ0) is 14.5. The third-order valence-electron chi connectivity index (χ3n) is 2.60. The fraction of sp³-hybridized carbons (Fsp3) is 0.154. The first kappa shape index (κ1) is 14.3. The van der Waals surface area contributed by atoms with Crippen molar-refractivity contribution in [3.05, 3.63) is 56.5 Å². The van der Waals surface area contributed by atoms with Crippen LogP contribution in [0.25, 0.3) is 0 Å². The topological polar surface area (TPSA) is 77.3 Å². The van der Waals surface area contributed by atoms with Crippen LogP contribution in [0.5, 0.6) is 5.88 Å². The predicted molar refractivity (Wildman–Crippen MR) is 78.9 cm³/mol. The summed E-state index contributed by atoms with van der Waals surface area (Å²) < 4.78 is 5.93. The highest BCUT2D eigenvalue weighted by atomic mass is 79.9. The maximum Gasteiger partial charge on any atom is 0.311 e. The maximum absolute atomic E-state index is 11.0. The van der Waals surface area contributed by atoms with Gasteiger partial charge in [0.2, 0.25) is 11.7 Å². The van der Waals surface area contributed by atoms with Gasteiger partial charge in [0.15, 0.2) is 0 Å². The molecule has 104 valence electrons. The summed E-state index contributed by atoms with van der Waals surface area (Å²) >= 11 is 3.38. The van der Waals surface area contributed by atoms with Gasteiger partial charge in [-0.3, -0.25) is 10.1 Å². The number of rotatable bonds is 5. The van der Waals surface area contributed by atoms with Crippen molar-refractivity contribution in [1.29, 1.82) is 0 Å². The van der Waals surface area contributed by atoms with E-state index in [9.17, 15) is 10.1 Å². The van der Waals surface area contributed by atoms with Gasteiger partial charge in [-0.1, -0.05) is 28.1 Å². The fourth-order valence-corrected chi connectivity index (χ4v) is 2.10. The van der Waals surface area contributed by atoms with Crippen LogP contribution in [0.1, 0.15) is 5.56 Å². The van der Waals surface area contributed by atoms with E-state index in [2.05, 4.69) is 26.2 Å². The summed E-state index contributed by atoms with van der Waals surface area (Å²) in [6.07, 6.45) is 0. The molecule has 0 saturated carbocycles. The third-order valence-corrected chi connectivity index (χ3v) is 3.10. The van der Waals surface area contributed by atoms with Gasteiger partial charge >= 0.3 is 5.69 Å². The molecule has 2 aromatic rings. The number of anilines is 1. The Morgan fingerprint density at radius 2 is 2.20 bits per heavy atom. The molecule has 7 heteroatoms. The van der Waals surface area contributed by atoms with Crippen molar-refractivity contribution in [3.63, 3.8) is 0 Å². The molecule has 6 nitrogen and oxygen atoms in total. The summed E-state index contributed by atoms with van der Waals surface area (Å²) in [5, 5.41) is 13.9. The van der Waals surface area contributed by atoms with Gasteiger partial charge in [0.1, 0.15) is 0 Å². The van der Waals surface area contributed by atoms with Crippen molar-refractivity contribution >= 4 is 27.4 Å². The number of pyridine rings is 1. The molecule has 0 saturated heterocycles. The number of methoxy groups -OCH3 is 1. The van der Waals surface area contributed by atoms with Crippen molar-refractivity contribution in [1.82, 2.24) is 4.98 Å². The van der Waals surface area contributed by atoms with Gasteiger partial charge in [0.25, 0.3) is 0 Å². The first-order valence-corrected chi connectivity index (χ1v) is 6.57. The van der Waals surface area contributed by atoms with Crippen LogP contribution in [-0.4, -0.2) is 17.0 Å². The molecule has 0 spiro atoms. The molecular weight excluding hydrogens is 326 g/mol. The summed E-state index contributed by atoms with van der Waals surface area (Å²) in [5.74, 6) is 0.515. The molecule has 0 radical (unpaired) electrons. The number of halogens is 1. The Morgan fingerprint density at radius 3 is 2.85 bits per heavy atom. The fourth-order valence-electron chi connectivity index (χ4n) is 1.66. The number of hydrogen-bond donors (Lipinski definition) is 1. The van der Waals surface area contributed by atoms with Gasteiger partial charge in [-0.15, -0.1) is 0 Å². The zero-order valence-corrected chi connectivity index (χ0v) is 12.3. The number of nitrogens with one attached hydrogen (secondary N) is 1. The number of nitrogens with zero attached hydrogens (tertiary/aromatic N) is 2. The highest BCUT2D eigenvalue weighted by Crippen LogP contribution is 2.25. The van der Waals surface area contributed by atoms with E-state index < -0.39 is 4.92 Å². The molecule has 0 aliphatic heterocycles. The van der Waals surface area contributed by atoms with Crippen molar-refractivity contribution in [2.24, 2.45) is 0 Å². The third kappa shape index (κ3) is 3.45. The quantitative estimate of drug-likeness (QED) is 0.668. The monoisotopic (exact) mass is 337 g/mol. The van der Waals surface area contributed by atoms with Gasteiger partial charge < -0.3 is 10.1 Å². The van der Waals surface area contributed by atoms with Crippen molar-refractivity contribution in [3.8, 4) is 5.88 Å². The Kier molecular flexibility index (Phi) is 4.52. The molecule has 0 unspecified atom stereocenters. The minimum absolute atomic E-state index is 0.0826. The minimum Gasteiger partial charge on any atom is -0.481 e. The lowest BCUT2D eigenvalue weighted by Crippen LogP contribution is -2.05. The van der Waals surface area contributed by atoms with Crippen molar-refractivity contribution in [2.45, 2.75) is 6.54 Å². The first-order valence-electron chi connectivity index (χ1n) is 5.78. The molecule has 2 rings (SSSR count). The maximum atomic E-state index is 11.0. The van der Waals surface area contributed by atoms with Gasteiger partial charge in [0, 0.05) is 23.2 Å². The first-order chi connectivity index (χ1) is 9.60. The number of hydrogen-bond acceptors (Lipinski definition) is 5. The van der Waals surface area contributed by atoms with Crippen molar-refractivity contribution < 1.29 is 9.66 Å². The normalized spacial score (nSPS) is 10.1. The Bertz CT molecular complexity index is 634. The van der Waals surface area contributed by atoms with Crippen LogP contribution < -0.4 is 10.1 Å². The highest BCUT2D eigenvalue weighted by Gasteiger charge is 2.16. The van der Waals surface area contributed by atoms with Gasteiger partial charge in [0.05, 0.1) is 12.0 Å². The Balaban J connectivity index is 2.21. The average molecular weight is 338 g/mol. The number of benzene rings is 1. The van der Waals surface area contributed by atoms with Gasteiger partial charge in [-0.05, 0) is 17.7 Å². The number of ether oxygens (including phenoxy) is 1. The molecule has 1 N–H and O–H groups in total. The summed E-state index contributed by atoms with van der Waals surface area (Å²) in [4.78, 5) is 14.6. The largest absolute Gasteiger partial charge is 0.481 e. The molecule has 1 aromatic heterocycles. The smallest absolute Gasteiger partial charge is 0.311 e. The summed E-state index contributed by atoms with van der Waals surface area (Å²) in [5.41, 5.74) is 0.902. The Labute approximate surface area is 124 Å². The van der Waals surface area contributed by atoms with Gasteiger partial charge in [-0.25, -0.2) is 0 Å². The van der Waals surface area contributed by atoms with Crippen LogP contribution >= 0.6 is 15.9 Å². The van der Waals surface area contributed by atoms with E-state index in [0.717, 1.165) is 10.0 Å². The molecule has 0 aliphatic carbocycles. The van der Waals surface area contributed by atoms with Crippen LogP contribution in [0.4, 0.5) is 11.5 Å². The molecule has 1 heterocycles. The summed E-state index contributed by atoms with van der Waals surface area (Å²) in [7, 11) is 1.46. The zero-order valence-electron chi connectivity index (χ0n) is 10.7. The molecule has 0 amide bonds. The Morgan fingerprint density at radius 1 is 1.40 bits per heavy atom. The molecule has 0 bridgehead atoms. The SMILES string of the molecule is COc1ccc([N+](=O)[O-])c(NCc2cccc(Br)c2)n1. The lowest BCUT2D eigenvalue weighted by molar-refractivity contribution is -0.384. The van der Waals surface area contributed by atoms with Crippen LogP contribution in [0.2, 0.25) is 0 Å². The van der Waals surface area contributed by atoms with Gasteiger partial charge in [-0.2, -0.15) is 4.98 Å². The number of nitro groups is 1. The van der Waals surface area contributed by atoms with E-state index in [-0.39, 0.29) is 11.5 Å². The second-order valence-electron chi connectivity index (χ2n) is 3.96. The second-order valence-corrected chi connectivity index (χ2v) is 4.88. The van der Waals surface area contributed by atoms with E-state index in [4.69, 9.17) is 4.74 Å². The molecule has 0 aliphatic rings. The van der Waals surface area contributed by atoms with E-state index in [0.29, 0.717) is 12.4 Å². The molecular formula is C13H12BrN3O3. The molecule has 0 atom stereocenters. The molecule has 0 fully saturated rings. The molecule has 1 aromatic carbocycles. The van der Waals surface area contributed by atoms with Crippen LogP contribution in [0, 0.1) is 10.1 Å². The highest BCUT2D eigenvalue weighted by molar-refractivity contribution is 9.10. The lowest BCUT2D eigenvalue weighted by atomic mass is 10.2. The molecule has 20 heavy (non-hydrogen) atoms. The lowest BCUT2D eigenvalue weighted by Gasteiger charge is -2.08. The minimum atomic E-state index is -0.477. The van der Waals surface area contributed by atoms with Crippen LogP contribution in [-0.2, 0) is 6.54 Å². The average Bonchev–Trinajstić information content (AvgIpc) is 2.44. The van der Waals surface area contributed by atoms with E-state index in [1.807, 2.05) is 24.3 Å². The Hall–Kier alpha value is -2.15. The predicted octanol–water partition coefficient (Wildman–Crippen LogP) is 3.37. The summed E-state index contributed by atoms with van der Waals surface area (Å²) in [6.45, 7) is 0.431. The number of aromatic nitrogens is 1. The van der Waals surface area contributed by atoms with Crippen LogP contribution in [0.3, 0.4) is 0 Å². The summed E-state index contributed by atoms with van der Waals surface area (Å²) in [6, 6.07) is 10.5. The van der Waals surface area contributed by atoms with E-state index >= 15 is 0 Å². The van der Waals surface area contributed by atoms with E-state index in [1.54, 1.807) is 0 Å². The second kappa shape index (κ2) is 6.33. The van der Waals surface area contributed by atoms with Crippen molar-refractivity contribution in [2.75, 3.05) is 12.4 Å². The van der Waals surface area contributed by atoms with Crippen LogP contribution in [0.15, 0.2) is 40.9 Å².